The molecule has 0 saturated heterocycles. The van der Waals surface area contributed by atoms with Crippen molar-refractivity contribution >= 4 is 34.1 Å². The lowest BCUT2D eigenvalue weighted by Crippen LogP contribution is -1.99. The van der Waals surface area contributed by atoms with Crippen molar-refractivity contribution < 1.29 is 9.47 Å². The number of nitrogens with one attached hydrogen (secondary N) is 1. The van der Waals surface area contributed by atoms with Crippen LogP contribution in [-0.2, 0) is 0 Å². The van der Waals surface area contributed by atoms with Gasteiger partial charge in [0, 0.05) is 5.69 Å². The standard InChI is InChI=1S/C19H16ClN5O2/c1-26-14-6-4-13(5-7-14)25-19-15(10-23-25)18(21-11-22-19)24-12-3-8-17(27-2)16(20)9-12/h3-11H,1-2H3,(H,21,22,24). The van der Waals surface area contributed by atoms with Gasteiger partial charge in [-0.3, -0.25) is 0 Å². The maximum atomic E-state index is 6.20. The lowest BCUT2D eigenvalue weighted by molar-refractivity contribution is 0.414. The highest BCUT2D eigenvalue weighted by Gasteiger charge is 2.12. The molecule has 0 saturated carbocycles. The molecule has 0 aliphatic heterocycles. The summed E-state index contributed by atoms with van der Waals surface area (Å²) in [5, 5.41) is 9.02. The number of rotatable bonds is 5. The highest BCUT2D eigenvalue weighted by Crippen LogP contribution is 2.30. The minimum absolute atomic E-state index is 0.515. The van der Waals surface area contributed by atoms with Gasteiger partial charge in [-0.1, -0.05) is 11.6 Å². The van der Waals surface area contributed by atoms with E-state index in [0.717, 1.165) is 22.5 Å². The second-order valence-electron chi connectivity index (χ2n) is 5.69. The molecular formula is C19H16ClN5O2. The van der Waals surface area contributed by atoms with E-state index in [1.54, 1.807) is 37.2 Å². The second-order valence-corrected chi connectivity index (χ2v) is 6.10. The lowest BCUT2D eigenvalue weighted by Gasteiger charge is -2.09. The fourth-order valence-electron chi connectivity index (χ4n) is 2.74. The van der Waals surface area contributed by atoms with Crippen molar-refractivity contribution in [1.82, 2.24) is 19.7 Å². The molecular weight excluding hydrogens is 366 g/mol. The van der Waals surface area contributed by atoms with Gasteiger partial charge in [-0.15, -0.1) is 0 Å². The Hall–Kier alpha value is -3.32. The van der Waals surface area contributed by atoms with E-state index in [9.17, 15) is 0 Å². The quantitative estimate of drug-likeness (QED) is 0.557. The monoisotopic (exact) mass is 381 g/mol. The summed E-state index contributed by atoms with van der Waals surface area (Å²) >= 11 is 6.20. The van der Waals surface area contributed by atoms with Gasteiger partial charge in [0.05, 0.1) is 36.5 Å². The number of hydrogen-bond acceptors (Lipinski definition) is 6. The Morgan fingerprint density at radius 1 is 1.00 bits per heavy atom. The zero-order valence-electron chi connectivity index (χ0n) is 14.7. The van der Waals surface area contributed by atoms with E-state index < -0.39 is 0 Å². The number of hydrogen-bond donors (Lipinski definition) is 1. The number of benzene rings is 2. The average molecular weight is 382 g/mol. The maximum absolute atomic E-state index is 6.20. The minimum Gasteiger partial charge on any atom is -0.497 e. The maximum Gasteiger partial charge on any atom is 0.168 e. The van der Waals surface area contributed by atoms with E-state index in [1.165, 1.54) is 6.33 Å². The van der Waals surface area contributed by atoms with Crippen molar-refractivity contribution in [1.29, 1.82) is 0 Å². The number of methoxy groups -OCH3 is 2. The highest BCUT2D eigenvalue weighted by atomic mass is 35.5. The van der Waals surface area contributed by atoms with Gasteiger partial charge in [-0.05, 0) is 42.5 Å². The van der Waals surface area contributed by atoms with Gasteiger partial charge >= 0.3 is 0 Å². The number of ether oxygens (including phenoxy) is 2. The largest absolute Gasteiger partial charge is 0.497 e. The average Bonchev–Trinajstić information content (AvgIpc) is 3.13. The van der Waals surface area contributed by atoms with Crippen LogP contribution in [0.4, 0.5) is 11.5 Å². The Bertz CT molecular complexity index is 1100. The van der Waals surface area contributed by atoms with Crippen molar-refractivity contribution in [2.75, 3.05) is 19.5 Å². The normalized spacial score (nSPS) is 10.8. The molecule has 4 rings (SSSR count). The summed E-state index contributed by atoms with van der Waals surface area (Å²) in [6.45, 7) is 0. The number of anilines is 2. The smallest absolute Gasteiger partial charge is 0.168 e. The SMILES string of the molecule is COc1ccc(-n2ncc3c(Nc4ccc(OC)c(Cl)c4)ncnc32)cc1. The second kappa shape index (κ2) is 7.13. The molecule has 0 aliphatic rings. The van der Waals surface area contributed by atoms with Crippen LogP contribution in [-0.4, -0.2) is 34.0 Å². The molecule has 0 spiro atoms. The Morgan fingerprint density at radius 2 is 1.81 bits per heavy atom. The van der Waals surface area contributed by atoms with Crippen LogP contribution in [0.3, 0.4) is 0 Å². The molecule has 7 nitrogen and oxygen atoms in total. The summed E-state index contributed by atoms with van der Waals surface area (Å²) in [6, 6.07) is 13.0. The molecule has 2 aromatic carbocycles. The van der Waals surface area contributed by atoms with E-state index in [0.29, 0.717) is 22.2 Å². The first-order valence-electron chi connectivity index (χ1n) is 8.13. The van der Waals surface area contributed by atoms with Crippen molar-refractivity contribution in [3.63, 3.8) is 0 Å². The first-order valence-corrected chi connectivity index (χ1v) is 8.51. The molecule has 0 bridgehead atoms. The van der Waals surface area contributed by atoms with Crippen molar-refractivity contribution in [3.8, 4) is 17.2 Å². The third-order valence-corrected chi connectivity index (χ3v) is 4.39. The van der Waals surface area contributed by atoms with Gasteiger partial charge in [-0.25, -0.2) is 14.6 Å². The summed E-state index contributed by atoms with van der Waals surface area (Å²) in [5.41, 5.74) is 2.36. The fourth-order valence-corrected chi connectivity index (χ4v) is 2.99. The molecule has 27 heavy (non-hydrogen) atoms. The van der Waals surface area contributed by atoms with E-state index in [4.69, 9.17) is 21.1 Å². The van der Waals surface area contributed by atoms with Gasteiger partial charge in [-0.2, -0.15) is 5.10 Å². The van der Waals surface area contributed by atoms with Crippen LogP contribution < -0.4 is 14.8 Å². The molecule has 4 aromatic rings. The number of aromatic nitrogens is 4. The molecule has 0 aliphatic carbocycles. The van der Waals surface area contributed by atoms with Crippen LogP contribution in [0.2, 0.25) is 5.02 Å². The molecule has 2 aromatic heterocycles. The zero-order chi connectivity index (χ0) is 18.8. The molecule has 1 N–H and O–H groups in total. The molecule has 136 valence electrons. The first kappa shape index (κ1) is 17.1. The molecule has 0 unspecified atom stereocenters. The van der Waals surface area contributed by atoms with E-state index in [-0.39, 0.29) is 0 Å². The molecule has 0 amide bonds. The molecule has 0 radical (unpaired) electrons. The summed E-state index contributed by atoms with van der Waals surface area (Å²) in [7, 11) is 3.21. The number of fused-ring (bicyclic) bond motifs is 1. The van der Waals surface area contributed by atoms with Crippen LogP contribution >= 0.6 is 11.6 Å². The van der Waals surface area contributed by atoms with Crippen LogP contribution in [0.15, 0.2) is 55.0 Å². The number of halogens is 1. The van der Waals surface area contributed by atoms with Crippen LogP contribution in [0.25, 0.3) is 16.7 Å². The van der Waals surface area contributed by atoms with Crippen molar-refractivity contribution in [2.24, 2.45) is 0 Å². The third-order valence-electron chi connectivity index (χ3n) is 4.10. The summed E-state index contributed by atoms with van der Waals surface area (Å²) in [6.07, 6.45) is 3.23. The summed E-state index contributed by atoms with van der Waals surface area (Å²) in [4.78, 5) is 8.72. The van der Waals surface area contributed by atoms with Gasteiger partial charge in [0.25, 0.3) is 0 Å². The molecule has 2 heterocycles. The van der Waals surface area contributed by atoms with E-state index >= 15 is 0 Å². The van der Waals surface area contributed by atoms with Crippen LogP contribution in [0, 0.1) is 0 Å². The van der Waals surface area contributed by atoms with Crippen molar-refractivity contribution in [2.45, 2.75) is 0 Å². The van der Waals surface area contributed by atoms with Crippen LogP contribution in [0.1, 0.15) is 0 Å². The number of nitrogens with zero attached hydrogens (tertiary/aromatic N) is 4. The van der Waals surface area contributed by atoms with E-state index in [1.807, 2.05) is 30.3 Å². The predicted molar refractivity (Wildman–Crippen MR) is 104 cm³/mol. The van der Waals surface area contributed by atoms with Gasteiger partial charge in [0.15, 0.2) is 5.65 Å². The Kier molecular flexibility index (Phi) is 4.52. The Balaban J connectivity index is 1.71. The zero-order valence-corrected chi connectivity index (χ0v) is 15.4. The van der Waals surface area contributed by atoms with Gasteiger partial charge < -0.3 is 14.8 Å². The molecule has 8 heteroatoms. The van der Waals surface area contributed by atoms with Crippen LogP contribution in [0.5, 0.6) is 11.5 Å². The van der Waals surface area contributed by atoms with Crippen molar-refractivity contribution in [3.05, 3.63) is 60.0 Å². The first-order chi connectivity index (χ1) is 13.2. The Morgan fingerprint density at radius 3 is 2.52 bits per heavy atom. The topological polar surface area (TPSA) is 74.1 Å². The molecule has 0 atom stereocenters. The lowest BCUT2D eigenvalue weighted by atomic mass is 10.3. The summed E-state index contributed by atoms with van der Waals surface area (Å²) in [5.74, 6) is 2.03. The third kappa shape index (κ3) is 3.24. The fraction of sp³-hybridized carbons (Fsp3) is 0.105. The summed E-state index contributed by atoms with van der Waals surface area (Å²) < 4.78 is 12.1. The predicted octanol–water partition coefficient (Wildman–Crippen LogP) is 4.23. The highest BCUT2D eigenvalue weighted by molar-refractivity contribution is 6.32. The Labute approximate surface area is 160 Å². The van der Waals surface area contributed by atoms with Gasteiger partial charge in [0.1, 0.15) is 23.6 Å². The molecule has 0 fully saturated rings. The minimum atomic E-state index is 0.515. The van der Waals surface area contributed by atoms with Gasteiger partial charge in [0.2, 0.25) is 0 Å². The van der Waals surface area contributed by atoms with E-state index in [2.05, 4.69) is 20.4 Å².